The summed E-state index contributed by atoms with van der Waals surface area (Å²) in [5, 5.41) is 65.0. The third-order valence-electron chi connectivity index (χ3n) is 13.0. The van der Waals surface area contributed by atoms with Gasteiger partial charge < -0.3 is 54.8 Å². The highest BCUT2D eigenvalue weighted by Crippen LogP contribution is 2.50. The second-order valence-electron chi connectivity index (χ2n) is 18.1. The highest BCUT2D eigenvalue weighted by molar-refractivity contribution is 6.21. The number of rotatable bonds is 4. The van der Waals surface area contributed by atoms with Crippen molar-refractivity contribution in [2.75, 3.05) is 32.1 Å². The number of likely N-dealkylation sites (tertiary alicyclic amines) is 1. The number of oxime groups is 1. The molecule has 16 heteroatoms. The van der Waals surface area contributed by atoms with E-state index in [2.05, 4.69) is 29.2 Å². The summed E-state index contributed by atoms with van der Waals surface area (Å²) in [6.07, 6.45) is 5.15. The number of piperidine rings is 1. The third kappa shape index (κ3) is 8.53. The predicted molar refractivity (Wildman–Crippen MR) is 232 cm³/mol. The SMILES string of the molecule is CO[C@H]1/C=C/O[C@@]2(C)Oc3c(C)c(O)c4c(O)c(c5c(c4c3/C2=N\O)=NC2(CCN(CC(C)C)CC2)N=5)NC(=O)/C(C)=C\C=C\[C@H](C)[C@H](O)[C@@H](C)[C@@H](O)[C@@H](C)[C@H](OC(C)=O)[C@@H]1C. The Bertz CT molecular complexity index is 2330. The second-order valence-corrected chi connectivity index (χ2v) is 18.1. The van der Waals surface area contributed by atoms with E-state index >= 15 is 0 Å². The molecule has 2 aromatic rings. The summed E-state index contributed by atoms with van der Waals surface area (Å²) in [7, 11) is 1.48. The van der Waals surface area contributed by atoms with Crippen LogP contribution in [0, 0.1) is 36.5 Å². The van der Waals surface area contributed by atoms with Crippen LogP contribution in [0.2, 0.25) is 0 Å². The van der Waals surface area contributed by atoms with Gasteiger partial charge in [-0.05, 0) is 25.8 Å². The highest BCUT2D eigenvalue weighted by Gasteiger charge is 2.49. The Morgan fingerprint density at radius 3 is 2.27 bits per heavy atom. The monoisotopic (exact) mass is 861 g/mol. The summed E-state index contributed by atoms with van der Waals surface area (Å²) < 4.78 is 24.3. The Kier molecular flexibility index (Phi) is 13.5. The van der Waals surface area contributed by atoms with Gasteiger partial charge in [-0.3, -0.25) is 19.6 Å². The number of carbonyl (C=O) groups excluding carboxylic acids is 2. The minimum atomic E-state index is -1.81. The molecule has 4 aliphatic heterocycles. The third-order valence-corrected chi connectivity index (χ3v) is 13.0. The van der Waals surface area contributed by atoms with Gasteiger partial charge in [0.05, 0.1) is 40.9 Å². The fourth-order valence-electron chi connectivity index (χ4n) is 9.35. The van der Waals surface area contributed by atoms with Crippen molar-refractivity contribution in [3.63, 3.8) is 0 Å². The smallest absolute Gasteiger partial charge is 0.302 e. The Balaban J connectivity index is 1.56. The van der Waals surface area contributed by atoms with Crippen LogP contribution >= 0.6 is 0 Å². The molecule has 16 nitrogen and oxygen atoms in total. The van der Waals surface area contributed by atoms with E-state index in [0.29, 0.717) is 31.8 Å². The van der Waals surface area contributed by atoms with Gasteiger partial charge in [-0.2, -0.15) is 0 Å². The predicted octanol–water partition coefficient (Wildman–Crippen LogP) is 4.75. The number of hydrogen-bond donors (Lipinski definition) is 6. The molecule has 0 aromatic heterocycles. The molecule has 6 N–H and O–H groups in total. The number of nitrogens with one attached hydrogen (secondary N) is 1. The first-order valence-corrected chi connectivity index (χ1v) is 21.4. The molecule has 6 rings (SSSR count). The van der Waals surface area contributed by atoms with E-state index in [4.69, 9.17) is 28.9 Å². The number of aliphatic hydroxyl groups is 2. The summed E-state index contributed by atoms with van der Waals surface area (Å²) in [5.74, 6) is -5.55. The largest absolute Gasteiger partial charge is 0.507 e. The summed E-state index contributed by atoms with van der Waals surface area (Å²) in [5.41, 5.74) is -0.426. The standard InChI is InChI=1S/C46H63N5O11/c1-22(2)21-51-18-16-46(17-19-51)48-34-31-32-39(55)28(8)42-33(31)43(50-58)45(10,62-42)60-20-15-30(59-11)25(5)41(61-29(9)52)27(7)38(54)26(6)37(53)23(3)13-12-14-24(4)44(57)47-36(40(32)56)35(34)49-46/h12-15,20,22-23,25-27,30,37-38,41,53-56,58H,16-19,21H2,1-11H3,(H,47,57)/b13-12+,20-15+,24-14-,50-43+/t23-,25+,26+,27+,30-,37-,38+,41+,45-/m0/s1. The van der Waals surface area contributed by atoms with Crippen molar-refractivity contribution in [2.24, 2.45) is 44.7 Å². The van der Waals surface area contributed by atoms with Crippen LogP contribution in [-0.4, -0.2) is 111 Å². The number of ether oxygens (including phenoxy) is 4. The van der Waals surface area contributed by atoms with Crippen LogP contribution in [0.15, 0.2) is 51.3 Å². The lowest BCUT2D eigenvalue weighted by atomic mass is 9.78. The van der Waals surface area contributed by atoms with Crippen molar-refractivity contribution >= 4 is 34.0 Å². The van der Waals surface area contributed by atoms with E-state index in [0.717, 1.165) is 6.54 Å². The maximum Gasteiger partial charge on any atom is 0.302 e. The van der Waals surface area contributed by atoms with Crippen molar-refractivity contribution in [1.82, 2.24) is 4.90 Å². The molecule has 4 bridgehead atoms. The number of hydrogen-bond acceptors (Lipinski definition) is 15. The quantitative estimate of drug-likeness (QED) is 0.106. The van der Waals surface area contributed by atoms with Crippen LogP contribution in [0.25, 0.3) is 10.8 Å². The number of amides is 1. The summed E-state index contributed by atoms with van der Waals surface area (Å²) in [6.45, 7) is 19.7. The topological polar surface area (TPSA) is 225 Å². The average Bonchev–Trinajstić information content (AvgIpc) is 3.75. The van der Waals surface area contributed by atoms with Crippen LogP contribution in [0.5, 0.6) is 17.2 Å². The molecule has 4 aliphatic rings. The van der Waals surface area contributed by atoms with Crippen molar-refractivity contribution < 1.29 is 54.2 Å². The molecule has 2 aromatic carbocycles. The number of nitrogens with zero attached hydrogens (tertiary/aromatic N) is 4. The fraction of sp³-hybridized carbons (Fsp3) is 0.587. The van der Waals surface area contributed by atoms with Crippen molar-refractivity contribution in [1.29, 1.82) is 0 Å². The van der Waals surface area contributed by atoms with E-state index in [-0.39, 0.29) is 61.1 Å². The summed E-state index contributed by atoms with van der Waals surface area (Å²) >= 11 is 0. The normalized spacial score (nSPS) is 33.0. The maximum atomic E-state index is 13.9. The number of allylic oxidation sites excluding steroid dienone is 2. The fourth-order valence-corrected chi connectivity index (χ4v) is 9.35. The second kappa shape index (κ2) is 18.0. The summed E-state index contributed by atoms with van der Waals surface area (Å²) in [4.78, 5) is 39.1. The Morgan fingerprint density at radius 1 is 1.00 bits per heavy atom. The van der Waals surface area contributed by atoms with Crippen LogP contribution in [-0.2, 0) is 23.8 Å². The van der Waals surface area contributed by atoms with Gasteiger partial charge in [0.1, 0.15) is 28.6 Å². The van der Waals surface area contributed by atoms with Crippen molar-refractivity contribution in [3.05, 3.63) is 58.0 Å². The zero-order chi connectivity index (χ0) is 45.6. The van der Waals surface area contributed by atoms with Crippen molar-refractivity contribution in [3.8, 4) is 17.2 Å². The van der Waals surface area contributed by atoms with Gasteiger partial charge in [0.15, 0.2) is 17.1 Å². The van der Waals surface area contributed by atoms with Gasteiger partial charge in [-0.1, -0.05) is 64.9 Å². The lowest BCUT2D eigenvalue weighted by molar-refractivity contribution is -0.160. The highest BCUT2D eigenvalue weighted by atomic mass is 16.7. The zero-order valence-corrected chi connectivity index (χ0v) is 37.6. The number of esters is 1. The molecule has 1 saturated heterocycles. The average molecular weight is 862 g/mol. The lowest BCUT2D eigenvalue weighted by Gasteiger charge is -2.38. The van der Waals surface area contributed by atoms with Gasteiger partial charge in [-0.25, -0.2) is 0 Å². The number of methoxy groups -OCH3 is 1. The van der Waals surface area contributed by atoms with Gasteiger partial charge in [0.25, 0.3) is 11.7 Å². The molecular weight excluding hydrogens is 799 g/mol. The van der Waals surface area contributed by atoms with E-state index in [1.165, 1.54) is 27.2 Å². The molecule has 0 radical (unpaired) electrons. The lowest BCUT2D eigenvalue weighted by Crippen LogP contribution is -2.46. The Labute approximate surface area is 362 Å². The van der Waals surface area contributed by atoms with E-state index in [1.54, 1.807) is 65.8 Å². The zero-order valence-electron chi connectivity index (χ0n) is 37.6. The van der Waals surface area contributed by atoms with E-state index < -0.39 is 77.2 Å². The first-order valence-electron chi connectivity index (χ1n) is 21.4. The number of anilines is 1. The number of benzene rings is 2. The number of fused-ring (bicyclic) bond motifs is 1. The first-order chi connectivity index (χ1) is 29.2. The van der Waals surface area contributed by atoms with Gasteiger partial charge in [0.2, 0.25) is 0 Å². The van der Waals surface area contributed by atoms with Crippen LogP contribution < -0.4 is 20.8 Å². The molecule has 0 aliphatic carbocycles. The molecule has 0 unspecified atom stereocenters. The van der Waals surface area contributed by atoms with Gasteiger partial charge in [-0.15, -0.1) is 0 Å². The van der Waals surface area contributed by atoms with Crippen LogP contribution in [0.4, 0.5) is 5.69 Å². The van der Waals surface area contributed by atoms with Gasteiger partial charge in [0, 0.05) is 93.6 Å². The molecule has 338 valence electrons. The van der Waals surface area contributed by atoms with E-state index in [9.17, 15) is 35.2 Å². The van der Waals surface area contributed by atoms with Crippen molar-refractivity contribution in [2.45, 2.75) is 118 Å². The van der Waals surface area contributed by atoms with E-state index in [1.807, 2.05) is 0 Å². The molecule has 1 spiro atoms. The minimum absolute atomic E-state index is 0.0422. The molecule has 4 heterocycles. The molecule has 9 atom stereocenters. The molecule has 62 heavy (non-hydrogen) atoms. The Morgan fingerprint density at radius 2 is 1.66 bits per heavy atom. The number of phenols is 2. The number of aromatic hydroxyl groups is 2. The summed E-state index contributed by atoms with van der Waals surface area (Å²) in [6, 6.07) is 0. The first kappa shape index (κ1) is 46.5. The van der Waals surface area contributed by atoms with Crippen LogP contribution in [0.3, 0.4) is 0 Å². The maximum absolute atomic E-state index is 13.9. The number of phenolic OH excluding ortho intramolecular Hbond substituents is 2. The molecule has 1 amide bonds. The van der Waals surface area contributed by atoms with Gasteiger partial charge >= 0.3 is 5.97 Å². The molecule has 1 fully saturated rings. The number of aliphatic hydroxyl groups excluding tert-OH is 2. The molecule has 0 saturated carbocycles. The minimum Gasteiger partial charge on any atom is -0.507 e. The molecular formula is C46H63N5O11. The Hall–Kier alpha value is -5.03. The van der Waals surface area contributed by atoms with Crippen LogP contribution in [0.1, 0.15) is 86.3 Å². The number of carbonyl (C=O) groups is 2.